The van der Waals surface area contributed by atoms with Crippen molar-refractivity contribution in [1.29, 1.82) is 0 Å². The third-order valence-electron chi connectivity index (χ3n) is 3.77. The minimum Gasteiger partial charge on any atom is -0.355 e. The van der Waals surface area contributed by atoms with Gasteiger partial charge in [-0.25, -0.2) is 14.4 Å². The van der Waals surface area contributed by atoms with Crippen molar-refractivity contribution < 1.29 is 9.18 Å². The van der Waals surface area contributed by atoms with Gasteiger partial charge in [-0.05, 0) is 30.7 Å². The minimum atomic E-state index is -0.416. The van der Waals surface area contributed by atoms with Gasteiger partial charge in [0.25, 0.3) is 5.91 Å². The van der Waals surface area contributed by atoms with Gasteiger partial charge in [0, 0.05) is 25.0 Å². The van der Waals surface area contributed by atoms with Gasteiger partial charge in [-0.3, -0.25) is 4.79 Å². The van der Waals surface area contributed by atoms with Gasteiger partial charge in [0.15, 0.2) is 0 Å². The Morgan fingerprint density at radius 3 is 2.42 bits per heavy atom. The smallest absolute Gasteiger partial charge is 0.254 e. The van der Waals surface area contributed by atoms with Crippen LogP contribution >= 0.6 is 0 Å². The number of rotatable bonds is 5. The van der Waals surface area contributed by atoms with E-state index >= 15 is 0 Å². The second-order valence-corrected chi connectivity index (χ2v) is 5.62. The average molecular weight is 351 g/mol. The van der Waals surface area contributed by atoms with E-state index in [1.807, 2.05) is 31.2 Å². The number of aromatic nitrogens is 2. The van der Waals surface area contributed by atoms with Crippen molar-refractivity contribution in [3.8, 4) is 0 Å². The number of amides is 1. The summed E-state index contributed by atoms with van der Waals surface area (Å²) >= 11 is 0. The number of carbonyl (C=O) groups is 1. The molecule has 0 saturated carbocycles. The van der Waals surface area contributed by atoms with Gasteiger partial charge >= 0.3 is 0 Å². The highest BCUT2D eigenvalue weighted by Gasteiger charge is 2.13. The Balaban J connectivity index is 1.94. The molecule has 3 rings (SSSR count). The van der Waals surface area contributed by atoms with Gasteiger partial charge < -0.3 is 16.0 Å². The Morgan fingerprint density at radius 2 is 1.73 bits per heavy atom. The quantitative estimate of drug-likeness (QED) is 0.652. The van der Waals surface area contributed by atoms with E-state index < -0.39 is 5.82 Å². The van der Waals surface area contributed by atoms with Crippen LogP contribution in [0.2, 0.25) is 0 Å². The molecule has 132 valence electrons. The molecule has 1 amide bonds. The molecule has 0 aliphatic heterocycles. The van der Waals surface area contributed by atoms with Crippen molar-refractivity contribution in [3.05, 3.63) is 71.8 Å². The van der Waals surface area contributed by atoms with Crippen LogP contribution in [0, 0.1) is 12.7 Å². The van der Waals surface area contributed by atoms with Crippen LogP contribution in [0.25, 0.3) is 0 Å². The summed E-state index contributed by atoms with van der Waals surface area (Å²) in [5.41, 5.74) is 2.93. The van der Waals surface area contributed by atoms with Crippen molar-refractivity contribution in [2.75, 3.05) is 17.7 Å². The van der Waals surface area contributed by atoms with Crippen LogP contribution in [0.1, 0.15) is 15.9 Å². The predicted molar refractivity (Wildman–Crippen MR) is 99.6 cm³/mol. The molecule has 0 bridgehead atoms. The molecule has 26 heavy (non-hydrogen) atoms. The zero-order chi connectivity index (χ0) is 18.5. The van der Waals surface area contributed by atoms with Crippen LogP contribution in [0.3, 0.4) is 0 Å². The van der Waals surface area contributed by atoms with E-state index in [0.29, 0.717) is 22.9 Å². The van der Waals surface area contributed by atoms with Gasteiger partial charge in [0.2, 0.25) is 0 Å². The lowest BCUT2D eigenvalue weighted by atomic mass is 10.1. The first-order valence-electron chi connectivity index (χ1n) is 8.00. The van der Waals surface area contributed by atoms with Crippen LogP contribution in [-0.4, -0.2) is 22.9 Å². The van der Waals surface area contributed by atoms with Crippen LogP contribution in [0.5, 0.6) is 0 Å². The van der Waals surface area contributed by atoms with E-state index in [9.17, 15) is 9.18 Å². The lowest BCUT2D eigenvalue weighted by Gasteiger charge is -2.14. The van der Waals surface area contributed by atoms with E-state index in [2.05, 4.69) is 25.9 Å². The number of anilines is 4. The number of hydrogen-bond donors (Lipinski definition) is 3. The van der Waals surface area contributed by atoms with Gasteiger partial charge in [0.1, 0.15) is 17.5 Å². The molecule has 0 aliphatic carbocycles. The van der Waals surface area contributed by atoms with Crippen molar-refractivity contribution >= 4 is 28.9 Å². The molecular formula is C19H18FN5O. The largest absolute Gasteiger partial charge is 0.355 e. The Hall–Kier alpha value is -3.48. The molecular weight excluding hydrogens is 333 g/mol. The lowest BCUT2D eigenvalue weighted by Crippen LogP contribution is -2.19. The molecule has 2 heterocycles. The standard InChI is InChI=1S/C19H18FN5O/c1-12-5-3-4-6-15(12)24-16-9-18(23-11-14(16)19(26)21-2)25-17-8-7-13(20)10-22-17/h3-11H,1-2H3,(H,21,26)(H2,22,23,24,25). The second kappa shape index (κ2) is 7.60. The number of para-hydroxylation sites is 1. The lowest BCUT2D eigenvalue weighted by molar-refractivity contribution is 0.0963. The minimum absolute atomic E-state index is 0.250. The van der Waals surface area contributed by atoms with E-state index in [-0.39, 0.29) is 5.91 Å². The fraction of sp³-hybridized carbons (Fsp3) is 0.105. The Morgan fingerprint density at radius 1 is 0.962 bits per heavy atom. The van der Waals surface area contributed by atoms with Gasteiger partial charge in [-0.2, -0.15) is 0 Å². The van der Waals surface area contributed by atoms with Gasteiger partial charge in [-0.15, -0.1) is 0 Å². The summed E-state index contributed by atoms with van der Waals surface area (Å²) < 4.78 is 13.0. The average Bonchev–Trinajstić information content (AvgIpc) is 2.65. The monoisotopic (exact) mass is 351 g/mol. The molecule has 0 radical (unpaired) electrons. The van der Waals surface area contributed by atoms with Crippen LogP contribution in [0.15, 0.2) is 54.9 Å². The molecule has 1 aromatic carbocycles. The highest BCUT2D eigenvalue weighted by Crippen LogP contribution is 2.26. The Bertz CT molecular complexity index is 927. The van der Waals surface area contributed by atoms with Crippen LogP contribution < -0.4 is 16.0 Å². The molecule has 7 heteroatoms. The molecule has 0 aliphatic rings. The summed E-state index contributed by atoms with van der Waals surface area (Å²) in [5, 5.41) is 8.87. The molecule has 3 N–H and O–H groups in total. The van der Waals surface area contributed by atoms with Crippen molar-refractivity contribution in [3.63, 3.8) is 0 Å². The number of hydrogen-bond acceptors (Lipinski definition) is 5. The third-order valence-corrected chi connectivity index (χ3v) is 3.77. The van der Waals surface area contributed by atoms with Crippen LogP contribution in [-0.2, 0) is 0 Å². The number of carbonyl (C=O) groups excluding carboxylic acids is 1. The number of nitrogens with one attached hydrogen (secondary N) is 3. The first kappa shape index (κ1) is 17.3. The Labute approximate surface area is 150 Å². The molecule has 0 saturated heterocycles. The molecule has 0 fully saturated rings. The first-order valence-corrected chi connectivity index (χ1v) is 8.00. The summed E-state index contributed by atoms with van der Waals surface area (Å²) in [7, 11) is 1.56. The Kier molecular flexibility index (Phi) is 5.07. The maximum Gasteiger partial charge on any atom is 0.254 e. The summed E-state index contributed by atoms with van der Waals surface area (Å²) in [5.74, 6) is 0.265. The zero-order valence-electron chi connectivity index (χ0n) is 14.4. The molecule has 3 aromatic rings. The third kappa shape index (κ3) is 3.94. The van der Waals surface area contributed by atoms with Gasteiger partial charge in [-0.1, -0.05) is 18.2 Å². The van der Waals surface area contributed by atoms with Gasteiger partial charge in [0.05, 0.1) is 17.4 Å². The summed E-state index contributed by atoms with van der Waals surface area (Å²) in [6.07, 6.45) is 2.60. The fourth-order valence-electron chi connectivity index (χ4n) is 2.38. The molecule has 0 atom stereocenters. The summed E-state index contributed by atoms with van der Waals surface area (Å²) in [6, 6.07) is 12.3. The van der Waals surface area contributed by atoms with Crippen molar-refractivity contribution in [2.24, 2.45) is 0 Å². The molecule has 2 aromatic heterocycles. The maximum absolute atomic E-state index is 13.0. The van der Waals surface area contributed by atoms with Crippen molar-refractivity contribution in [2.45, 2.75) is 6.92 Å². The predicted octanol–water partition coefficient (Wildman–Crippen LogP) is 3.77. The van der Waals surface area contributed by atoms with E-state index in [1.54, 1.807) is 13.1 Å². The highest BCUT2D eigenvalue weighted by atomic mass is 19.1. The SMILES string of the molecule is CNC(=O)c1cnc(Nc2ccc(F)cn2)cc1Nc1ccccc1C. The second-order valence-electron chi connectivity index (χ2n) is 5.62. The number of benzene rings is 1. The molecule has 0 spiro atoms. The normalized spacial score (nSPS) is 10.3. The van der Waals surface area contributed by atoms with E-state index in [0.717, 1.165) is 17.4 Å². The van der Waals surface area contributed by atoms with E-state index in [4.69, 9.17) is 0 Å². The van der Waals surface area contributed by atoms with E-state index in [1.165, 1.54) is 18.3 Å². The number of halogens is 1. The summed E-state index contributed by atoms with van der Waals surface area (Å²) in [6.45, 7) is 1.98. The number of nitrogens with zero attached hydrogens (tertiary/aromatic N) is 2. The first-order chi connectivity index (χ1) is 12.6. The number of pyridine rings is 2. The fourth-order valence-corrected chi connectivity index (χ4v) is 2.38. The summed E-state index contributed by atoms with van der Waals surface area (Å²) in [4.78, 5) is 20.3. The maximum atomic E-state index is 13.0. The highest BCUT2D eigenvalue weighted by molar-refractivity contribution is 6.00. The topological polar surface area (TPSA) is 78.9 Å². The molecule has 0 unspecified atom stereocenters. The number of aryl methyl sites for hydroxylation is 1. The van der Waals surface area contributed by atoms with Crippen LogP contribution in [0.4, 0.5) is 27.4 Å². The molecule has 6 nitrogen and oxygen atoms in total. The zero-order valence-corrected chi connectivity index (χ0v) is 14.4. The van der Waals surface area contributed by atoms with Crippen molar-refractivity contribution in [1.82, 2.24) is 15.3 Å².